The Hall–Kier alpha value is -2.76. The molecule has 0 atom stereocenters. The molecule has 1 aromatic heterocycles. The molecule has 4 nitrogen and oxygen atoms in total. The van der Waals surface area contributed by atoms with Crippen molar-refractivity contribution in [3.8, 4) is 28.6 Å². The van der Waals surface area contributed by atoms with Crippen molar-refractivity contribution in [1.29, 1.82) is 0 Å². The van der Waals surface area contributed by atoms with Crippen molar-refractivity contribution in [1.82, 2.24) is 10.1 Å². The minimum Gasteiger partial charge on any atom is -0.507 e. The quantitative estimate of drug-likeness (QED) is 0.781. The van der Waals surface area contributed by atoms with E-state index in [9.17, 15) is 13.9 Å². The van der Waals surface area contributed by atoms with E-state index >= 15 is 0 Å². The van der Waals surface area contributed by atoms with E-state index in [1.165, 1.54) is 24.3 Å². The molecule has 0 aliphatic heterocycles. The van der Waals surface area contributed by atoms with Gasteiger partial charge in [0.05, 0.1) is 5.56 Å². The van der Waals surface area contributed by atoms with E-state index in [0.717, 1.165) is 11.6 Å². The molecule has 106 valence electrons. The van der Waals surface area contributed by atoms with Crippen molar-refractivity contribution < 1.29 is 18.4 Å². The van der Waals surface area contributed by atoms with E-state index in [0.29, 0.717) is 5.56 Å². The number of nitrogens with zero attached hydrogens (tertiary/aromatic N) is 2. The van der Waals surface area contributed by atoms with Crippen LogP contribution in [0.3, 0.4) is 0 Å². The first-order valence-electron chi connectivity index (χ1n) is 6.14. The van der Waals surface area contributed by atoms with E-state index in [4.69, 9.17) is 4.52 Å². The van der Waals surface area contributed by atoms with Crippen molar-refractivity contribution in [2.45, 2.75) is 6.92 Å². The molecule has 0 amide bonds. The molecule has 0 aliphatic carbocycles. The van der Waals surface area contributed by atoms with Gasteiger partial charge in [0.15, 0.2) is 0 Å². The summed E-state index contributed by atoms with van der Waals surface area (Å²) in [6, 6.07) is 7.70. The van der Waals surface area contributed by atoms with Crippen LogP contribution >= 0.6 is 0 Å². The average Bonchev–Trinajstić information content (AvgIpc) is 2.91. The van der Waals surface area contributed by atoms with Gasteiger partial charge in [-0.2, -0.15) is 4.98 Å². The van der Waals surface area contributed by atoms with E-state index in [1.807, 2.05) is 0 Å². The Balaban J connectivity index is 2.06. The molecule has 3 rings (SSSR count). The molecule has 21 heavy (non-hydrogen) atoms. The van der Waals surface area contributed by atoms with Gasteiger partial charge in [0.25, 0.3) is 5.89 Å². The third-order valence-corrected chi connectivity index (χ3v) is 3.06. The van der Waals surface area contributed by atoms with E-state index < -0.39 is 11.6 Å². The number of phenolic OH excluding ortho intramolecular Hbond substituents is 1. The Kier molecular flexibility index (Phi) is 3.13. The second-order valence-corrected chi connectivity index (χ2v) is 4.54. The van der Waals surface area contributed by atoms with Crippen LogP contribution in [0.5, 0.6) is 5.75 Å². The molecule has 0 saturated carbocycles. The van der Waals surface area contributed by atoms with Crippen LogP contribution < -0.4 is 0 Å². The maximum Gasteiger partial charge on any atom is 0.262 e. The van der Waals surface area contributed by atoms with Crippen LogP contribution in [-0.4, -0.2) is 15.2 Å². The van der Waals surface area contributed by atoms with Gasteiger partial charge in [-0.3, -0.25) is 0 Å². The second kappa shape index (κ2) is 4.97. The molecular formula is C15H10F2N2O2. The SMILES string of the molecule is Cc1ccc(F)cc1-c1noc(-c2ccc(F)cc2O)n1. The molecule has 0 bridgehead atoms. The molecule has 1 heterocycles. The Bertz CT molecular complexity index is 815. The molecule has 0 unspecified atom stereocenters. The predicted octanol–water partition coefficient (Wildman–Crippen LogP) is 3.70. The fourth-order valence-electron chi connectivity index (χ4n) is 1.96. The number of aryl methyl sites for hydroxylation is 1. The molecule has 0 saturated heterocycles. The summed E-state index contributed by atoms with van der Waals surface area (Å²) in [4.78, 5) is 4.12. The number of hydrogen-bond donors (Lipinski definition) is 1. The van der Waals surface area contributed by atoms with E-state index in [1.54, 1.807) is 13.0 Å². The third kappa shape index (κ3) is 2.47. The first-order chi connectivity index (χ1) is 10.0. The summed E-state index contributed by atoms with van der Waals surface area (Å²) in [6.07, 6.45) is 0. The number of halogens is 2. The molecule has 0 spiro atoms. The lowest BCUT2D eigenvalue weighted by Gasteiger charge is -2.00. The fourth-order valence-corrected chi connectivity index (χ4v) is 1.96. The van der Waals surface area contributed by atoms with E-state index in [2.05, 4.69) is 10.1 Å². The highest BCUT2D eigenvalue weighted by atomic mass is 19.1. The maximum absolute atomic E-state index is 13.3. The molecule has 0 fully saturated rings. The highest BCUT2D eigenvalue weighted by molar-refractivity contribution is 5.66. The lowest BCUT2D eigenvalue weighted by atomic mass is 10.1. The maximum atomic E-state index is 13.3. The average molecular weight is 288 g/mol. The zero-order chi connectivity index (χ0) is 15.0. The number of hydrogen-bond acceptors (Lipinski definition) is 4. The molecule has 6 heteroatoms. The van der Waals surface area contributed by atoms with Gasteiger partial charge in [-0.05, 0) is 36.8 Å². The van der Waals surface area contributed by atoms with Crippen molar-refractivity contribution >= 4 is 0 Å². The van der Waals surface area contributed by atoms with Crippen LogP contribution in [-0.2, 0) is 0 Å². The van der Waals surface area contributed by atoms with Gasteiger partial charge in [-0.15, -0.1) is 0 Å². The molecule has 3 aromatic rings. The van der Waals surface area contributed by atoms with Crippen molar-refractivity contribution in [2.24, 2.45) is 0 Å². The van der Waals surface area contributed by atoms with Gasteiger partial charge in [0, 0.05) is 11.6 Å². The summed E-state index contributed by atoms with van der Waals surface area (Å²) in [5.41, 5.74) is 1.49. The number of benzene rings is 2. The summed E-state index contributed by atoms with van der Waals surface area (Å²) < 4.78 is 31.3. The Labute approximate surface area is 118 Å². The minimum atomic E-state index is -0.572. The zero-order valence-electron chi connectivity index (χ0n) is 11.0. The molecule has 0 aliphatic rings. The first kappa shape index (κ1) is 13.2. The van der Waals surface area contributed by atoms with Crippen LogP contribution in [0, 0.1) is 18.6 Å². The second-order valence-electron chi connectivity index (χ2n) is 4.54. The number of aromatic nitrogens is 2. The van der Waals surface area contributed by atoms with Gasteiger partial charge < -0.3 is 9.63 Å². The summed E-state index contributed by atoms with van der Waals surface area (Å²) >= 11 is 0. The van der Waals surface area contributed by atoms with Crippen molar-refractivity contribution in [3.63, 3.8) is 0 Å². The van der Waals surface area contributed by atoms with E-state index in [-0.39, 0.29) is 23.0 Å². The van der Waals surface area contributed by atoms with Crippen LogP contribution in [0.1, 0.15) is 5.56 Å². The molecular weight excluding hydrogens is 278 g/mol. The summed E-state index contributed by atoms with van der Waals surface area (Å²) in [5.74, 6) is -1.05. The van der Waals surface area contributed by atoms with Crippen LogP contribution in [0.25, 0.3) is 22.8 Å². The highest BCUT2D eigenvalue weighted by Crippen LogP contribution is 2.30. The topological polar surface area (TPSA) is 59.2 Å². The Morgan fingerprint density at radius 2 is 1.71 bits per heavy atom. The first-order valence-corrected chi connectivity index (χ1v) is 6.14. The largest absolute Gasteiger partial charge is 0.507 e. The number of phenols is 1. The van der Waals surface area contributed by atoms with Crippen molar-refractivity contribution in [3.05, 3.63) is 53.6 Å². The summed E-state index contributed by atoms with van der Waals surface area (Å²) in [6.45, 7) is 1.79. The summed E-state index contributed by atoms with van der Waals surface area (Å²) in [7, 11) is 0. The van der Waals surface area contributed by atoms with Gasteiger partial charge >= 0.3 is 0 Å². The van der Waals surface area contributed by atoms with Crippen LogP contribution in [0.2, 0.25) is 0 Å². The van der Waals surface area contributed by atoms with Gasteiger partial charge in [-0.1, -0.05) is 11.2 Å². The Morgan fingerprint density at radius 3 is 2.48 bits per heavy atom. The highest BCUT2D eigenvalue weighted by Gasteiger charge is 2.16. The van der Waals surface area contributed by atoms with Crippen LogP contribution in [0.4, 0.5) is 8.78 Å². The molecule has 1 N–H and O–H groups in total. The van der Waals surface area contributed by atoms with Gasteiger partial charge in [0.2, 0.25) is 5.82 Å². The standard InChI is InChI=1S/C15H10F2N2O2/c1-8-2-3-9(16)6-12(8)14-18-15(21-19-14)11-5-4-10(17)7-13(11)20/h2-7,20H,1H3. The lowest BCUT2D eigenvalue weighted by molar-refractivity contribution is 0.425. The van der Waals surface area contributed by atoms with Crippen molar-refractivity contribution in [2.75, 3.05) is 0 Å². The minimum absolute atomic E-state index is 0.0335. The van der Waals surface area contributed by atoms with Gasteiger partial charge in [-0.25, -0.2) is 8.78 Å². The number of rotatable bonds is 2. The summed E-state index contributed by atoms with van der Waals surface area (Å²) in [5, 5.41) is 13.5. The predicted molar refractivity (Wildman–Crippen MR) is 71.5 cm³/mol. The Morgan fingerprint density at radius 1 is 1.00 bits per heavy atom. The molecule has 2 aromatic carbocycles. The van der Waals surface area contributed by atoms with Gasteiger partial charge in [0.1, 0.15) is 17.4 Å². The third-order valence-electron chi connectivity index (χ3n) is 3.06. The molecule has 0 radical (unpaired) electrons. The monoisotopic (exact) mass is 288 g/mol. The number of aromatic hydroxyl groups is 1. The normalized spacial score (nSPS) is 10.8. The van der Waals surface area contributed by atoms with Crippen LogP contribution in [0.15, 0.2) is 40.9 Å². The lowest BCUT2D eigenvalue weighted by Crippen LogP contribution is -1.87. The fraction of sp³-hybridized carbons (Fsp3) is 0.0667. The zero-order valence-corrected chi connectivity index (χ0v) is 11.0. The smallest absolute Gasteiger partial charge is 0.262 e.